The van der Waals surface area contributed by atoms with E-state index in [1.54, 1.807) is 0 Å². The summed E-state index contributed by atoms with van der Waals surface area (Å²) in [4.78, 5) is 18.3. The molecule has 5 rings (SSSR count). The van der Waals surface area contributed by atoms with Crippen LogP contribution in [0.2, 0.25) is 0 Å². The number of fused-ring (bicyclic) bond motifs is 1. The van der Waals surface area contributed by atoms with Gasteiger partial charge in [-0.05, 0) is 89.9 Å². The van der Waals surface area contributed by atoms with E-state index in [1.165, 1.54) is 19.5 Å². The topological polar surface area (TPSA) is 42.0 Å². The molecular weight excluding hydrogens is 399 g/mol. The maximum absolute atomic E-state index is 13.5. The van der Waals surface area contributed by atoms with Gasteiger partial charge in [0.2, 0.25) is 5.91 Å². The molecule has 0 aromatic heterocycles. The Morgan fingerprint density at radius 1 is 0.938 bits per heavy atom. The van der Waals surface area contributed by atoms with E-state index in [2.05, 4.69) is 83.4 Å². The maximum atomic E-state index is 13.5. The third-order valence-electron chi connectivity index (χ3n) is 8.91. The Morgan fingerprint density at radius 3 is 2.12 bits per heavy atom. The van der Waals surface area contributed by atoms with Gasteiger partial charge in [0.1, 0.15) is 0 Å². The Balaban J connectivity index is 1.39. The fraction of sp³-hybridized carbons (Fsp3) is 0.731. The van der Waals surface area contributed by atoms with Crippen LogP contribution in [0.15, 0.2) is 18.2 Å². The quantitative estimate of drug-likeness (QED) is 0.672. The van der Waals surface area contributed by atoms with E-state index < -0.39 is 12.5 Å². The number of hydrogen-bond acceptors (Lipinski definition) is 4. The minimum absolute atomic E-state index is 0.226. The van der Waals surface area contributed by atoms with E-state index in [0.29, 0.717) is 11.5 Å². The maximum Gasteiger partial charge on any atom is 0.494 e. The highest BCUT2D eigenvalue weighted by Gasteiger charge is 2.54. The van der Waals surface area contributed by atoms with E-state index in [1.807, 2.05) is 0 Å². The Morgan fingerprint density at radius 2 is 1.56 bits per heavy atom. The van der Waals surface area contributed by atoms with Crippen LogP contribution in [0.5, 0.6) is 0 Å². The fourth-order valence-electron chi connectivity index (χ4n) is 5.82. The number of carbonyl (C=O) groups excluding carboxylic acids is 1. The molecule has 3 fully saturated rings. The molecule has 0 radical (unpaired) electrons. The molecule has 174 valence electrons. The molecule has 5 nitrogen and oxygen atoms in total. The van der Waals surface area contributed by atoms with Gasteiger partial charge in [-0.15, -0.1) is 0 Å². The summed E-state index contributed by atoms with van der Waals surface area (Å²) < 4.78 is 12.6. The van der Waals surface area contributed by atoms with Crippen LogP contribution in [0.4, 0.5) is 5.69 Å². The summed E-state index contributed by atoms with van der Waals surface area (Å²) in [5.74, 6) is 0.226. The molecule has 0 N–H and O–H groups in total. The molecule has 1 aromatic rings. The summed E-state index contributed by atoms with van der Waals surface area (Å²) in [5.41, 5.74) is 2.33. The summed E-state index contributed by atoms with van der Waals surface area (Å²) in [6, 6.07) is 7.23. The lowest BCUT2D eigenvalue weighted by Crippen LogP contribution is -2.56. The van der Waals surface area contributed by atoms with Crippen molar-refractivity contribution >= 4 is 24.2 Å². The minimum atomic E-state index is -0.496. The summed E-state index contributed by atoms with van der Waals surface area (Å²) in [6.45, 7) is 19.5. The molecule has 1 aromatic carbocycles. The lowest BCUT2D eigenvalue weighted by Gasteiger charge is -2.46. The Bertz CT molecular complexity index is 932. The molecule has 0 unspecified atom stereocenters. The van der Waals surface area contributed by atoms with Crippen molar-refractivity contribution in [3.63, 3.8) is 0 Å². The minimum Gasteiger partial charge on any atom is -0.399 e. The molecule has 0 bridgehead atoms. The first kappa shape index (κ1) is 22.4. The van der Waals surface area contributed by atoms with Gasteiger partial charge in [-0.2, -0.15) is 0 Å². The predicted octanol–water partition coefficient (Wildman–Crippen LogP) is 3.87. The molecule has 6 heteroatoms. The number of hydrogen-bond donors (Lipinski definition) is 0. The molecule has 4 aliphatic rings. The first-order valence-corrected chi connectivity index (χ1v) is 12.3. The van der Waals surface area contributed by atoms with E-state index in [-0.39, 0.29) is 23.2 Å². The van der Waals surface area contributed by atoms with Crippen LogP contribution in [0.3, 0.4) is 0 Å². The third-order valence-corrected chi connectivity index (χ3v) is 8.91. The zero-order valence-corrected chi connectivity index (χ0v) is 21.1. The first-order valence-electron chi connectivity index (χ1n) is 12.3. The smallest absolute Gasteiger partial charge is 0.399 e. The highest BCUT2D eigenvalue weighted by molar-refractivity contribution is 6.62. The van der Waals surface area contributed by atoms with Crippen LogP contribution in [-0.4, -0.2) is 54.3 Å². The van der Waals surface area contributed by atoms with Gasteiger partial charge < -0.3 is 14.2 Å². The van der Waals surface area contributed by atoms with Crippen LogP contribution < -0.4 is 10.4 Å². The zero-order chi connectivity index (χ0) is 23.3. The molecule has 1 aliphatic carbocycles. The number of nitrogens with zero attached hydrogens (tertiary/aromatic N) is 2. The van der Waals surface area contributed by atoms with Crippen LogP contribution in [-0.2, 0) is 19.5 Å². The SMILES string of the molecule is CC1(C)CCN([C@H]2C[C@@H](N3C(=O)C(C)(C)c4ccc(B5OC(C)(C)C(C)(C)O5)cc43)C2)C1. The molecule has 32 heavy (non-hydrogen) atoms. The van der Waals surface area contributed by atoms with Crippen LogP contribution in [0.1, 0.15) is 80.2 Å². The number of amides is 1. The number of likely N-dealkylation sites (tertiary alicyclic amines) is 1. The average Bonchev–Trinajstić information content (AvgIpc) is 3.17. The van der Waals surface area contributed by atoms with Crippen molar-refractivity contribution in [3.05, 3.63) is 23.8 Å². The van der Waals surface area contributed by atoms with Gasteiger partial charge in [-0.1, -0.05) is 26.0 Å². The van der Waals surface area contributed by atoms with Crippen molar-refractivity contribution in [3.8, 4) is 0 Å². The summed E-state index contributed by atoms with van der Waals surface area (Å²) in [5, 5.41) is 0. The molecule has 0 atom stereocenters. The van der Waals surface area contributed by atoms with Crippen molar-refractivity contribution in [1.82, 2.24) is 4.90 Å². The number of rotatable bonds is 3. The second kappa shape index (κ2) is 6.83. The molecule has 3 aliphatic heterocycles. The second-order valence-corrected chi connectivity index (χ2v) is 12.8. The number of benzene rings is 1. The van der Waals surface area contributed by atoms with Gasteiger partial charge >= 0.3 is 7.12 Å². The largest absolute Gasteiger partial charge is 0.494 e. The molecule has 0 spiro atoms. The Hall–Kier alpha value is -1.37. The van der Waals surface area contributed by atoms with Crippen molar-refractivity contribution < 1.29 is 14.1 Å². The molecule has 2 saturated heterocycles. The van der Waals surface area contributed by atoms with Crippen LogP contribution >= 0.6 is 0 Å². The molecule has 1 saturated carbocycles. The first-order chi connectivity index (χ1) is 14.7. The average molecular weight is 438 g/mol. The highest BCUT2D eigenvalue weighted by Crippen LogP contribution is 2.47. The lowest BCUT2D eigenvalue weighted by molar-refractivity contribution is -0.123. The van der Waals surface area contributed by atoms with Crippen molar-refractivity contribution in [2.45, 2.75) is 103 Å². The molecular formula is C26H39BN2O3. The van der Waals surface area contributed by atoms with E-state index >= 15 is 0 Å². The normalized spacial score (nSPS) is 32.3. The van der Waals surface area contributed by atoms with Gasteiger partial charge in [0, 0.05) is 24.3 Å². The van der Waals surface area contributed by atoms with Crippen LogP contribution in [0, 0.1) is 5.41 Å². The van der Waals surface area contributed by atoms with Gasteiger partial charge in [0.25, 0.3) is 0 Å². The Labute approximate surface area is 194 Å². The summed E-state index contributed by atoms with van der Waals surface area (Å²) in [7, 11) is -0.410. The van der Waals surface area contributed by atoms with Crippen molar-refractivity contribution in [2.24, 2.45) is 5.41 Å². The van der Waals surface area contributed by atoms with E-state index in [0.717, 1.165) is 29.6 Å². The standard InChI is InChI=1S/C26H39BN2O3/c1-23(2)11-12-28(16-23)18-14-19(15-18)29-21-13-17(9-10-20(21)24(3,4)22(29)30)27-31-25(5,6)26(7,8)32-27/h9-10,13,18-19H,11-12,14-16H2,1-8H3/t18-,19+. The zero-order valence-electron chi connectivity index (χ0n) is 21.1. The summed E-state index contributed by atoms with van der Waals surface area (Å²) in [6.07, 6.45) is 3.40. The predicted molar refractivity (Wildman–Crippen MR) is 129 cm³/mol. The number of anilines is 1. The van der Waals surface area contributed by atoms with Gasteiger partial charge in [-0.3, -0.25) is 9.69 Å². The second-order valence-electron chi connectivity index (χ2n) is 12.8. The number of carbonyl (C=O) groups is 1. The Kier molecular flexibility index (Phi) is 4.79. The summed E-state index contributed by atoms with van der Waals surface area (Å²) >= 11 is 0. The fourth-order valence-corrected chi connectivity index (χ4v) is 5.82. The monoisotopic (exact) mass is 438 g/mol. The van der Waals surface area contributed by atoms with E-state index in [4.69, 9.17) is 9.31 Å². The third kappa shape index (κ3) is 3.28. The highest BCUT2D eigenvalue weighted by atomic mass is 16.7. The van der Waals surface area contributed by atoms with E-state index in [9.17, 15) is 4.79 Å². The molecule has 1 amide bonds. The van der Waals surface area contributed by atoms with Gasteiger partial charge in [0.15, 0.2) is 0 Å². The van der Waals surface area contributed by atoms with Gasteiger partial charge in [-0.25, -0.2) is 0 Å². The van der Waals surface area contributed by atoms with Gasteiger partial charge in [0.05, 0.1) is 16.6 Å². The lowest BCUT2D eigenvalue weighted by atomic mass is 9.76. The van der Waals surface area contributed by atoms with Crippen molar-refractivity contribution in [1.29, 1.82) is 0 Å². The van der Waals surface area contributed by atoms with Crippen molar-refractivity contribution in [2.75, 3.05) is 18.0 Å². The molecule has 3 heterocycles. The van der Waals surface area contributed by atoms with Crippen LogP contribution in [0.25, 0.3) is 0 Å².